The minimum atomic E-state index is -1.01. The smallest absolute Gasteiger partial charge is 0.335 e. The number of hydrogen-bond acceptors (Lipinski definition) is 7. The Bertz CT molecular complexity index is 1610. The molecule has 7 rings (SSSR count). The van der Waals surface area contributed by atoms with Gasteiger partial charge in [-0.25, -0.2) is 9.78 Å². The first kappa shape index (κ1) is 28.4. The number of rotatable bonds is 7. The van der Waals surface area contributed by atoms with Gasteiger partial charge in [-0.1, -0.05) is 23.7 Å². The molecule has 2 aromatic carbocycles. The summed E-state index contributed by atoms with van der Waals surface area (Å²) < 4.78 is 20.6. The molecule has 42 heavy (non-hydrogen) atoms. The van der Waals surface area contributed by atoms with Gasteiger partial charge in [0.15, 0.2) is 11.5 Å². The van der Waals surface area contributed by atoms with Gasteiger partial charge in [0.05, 0.1) is 40.8 Å². The van der Waals surface area contributed by atoms with Crippen LogP contribution in [0, 0.1) is 0 Å². The Kier molecular flexibility index (Phi) is 7.57. The molecule has 220 valence electrons. The number of carboxylic acids is 1. The van der Waals surface area contributed by atoms with Crippen molar-refractivity contribution in [3.8, 4) is 11.5 Å². The molecule has 11 heteroatoms. The minimum Gasteiger partial charge on any atom is -0.478 e. The number of fused-ring (bicyclic) bond motifs is 2. The monoisotopic (exact) mass is 592 g/mol. The van der Waals surface area contributed by atoms with E-state index in [4.69, 9.17) is 30.8 Å². The van der Waals surface area contributed by atoms with Gasteiger partial charge >= 0.3 is 5.97 Å². The average molecular weight is 593 g/mol. The van der Waals surface area contributed by atoms with Crippen molar-refractivity contribution < 1.29 is 29.6 Å². The third-order valence-electron chi connectivity index (χ3n) is 8.45. The van der Waals surface area contributed by atoms with Crippen molar-refractivity contribution in [2.45, 2.75) is 57.1 Å². The Hall–Kier alpha value is -3.70. The first-order valence-corrected chi connectivity index (χ1v) is 14.4. The third-order valence-corrected chi connectivity index (χ3v) is 8.67. The van der Waals surface area contributed by atoms with Gasteiger partial charge in [0, 0.05) is 25.3 Å². The highest BCUT2D eigenvalue weighted by molar-refractivity contribution is 6.30. The highest BCUT2D eigenvalue weighted by Gasteiger charge is 2.42. The first-order valence-electron chi connectivity index (χ1n) is 14.1. The van der Waals surface area contributed by atoms with Crippen molar-refractivity contribution in [2.75, 3.05) is 19.7 Å². The largest absolute Gasteiger partial charge is 0.478 e. The van der Waals surface area contributed by atoms with E-state index in [-0.39, 0.29) is 17.1 Å². The second-order valence-corrected chi connectivity index (χ2v) is 11.6. The number of pyridine rings is 1. The van der Waals surface area contributed by atoms with E-state index < -0.39 is 11.8 Å². The van der Waals surface area contributed by atoms with Crippen molar-refractivity contribution >= 4 is 28.6 Å². The number of carbonyl (C=O) groups is 1. The molecule has 3 N–H and O–H groups in total. The lowest BCUT2D eigenvalue weighted by Gasteiger charge is -2.33. The number of ether oxygens (including phenoxy) is 3. The zero-order chi connectivity index (χ0) is 28.1. The van der Waals surface area contributed by atoms with E-state index >= 15 is 0 Å². The Morgan fingerprint density at radius 1 is 1.12 bits per heavy atom. The predicted octanol–water partition coefficient (Wildman–Crippen LogP) is 4.77. The van der Waals surface area contributed by atoms with Crippen LogP contribution in [-0.4, -0.2) is 61.8 Å². The number of hydrogen-bond donors (Lipinski definition) is 1. The van der Waals surface area contributed by atoms with Crippen molar-refractivity contribution in [1.29, 1.82) is 0 Å². The zero-order valence-electron chi connectivity index (χ0n) is 23.3. The van der Waals surface area contributed by atoms with Crippen molar-refractivity contribution in [2.24, 2.45) is 0 Å². The van der Waals surface area contributed by atoms with E-state index in [2.05, 4.69) is 20.5 Å². The Morgan fingerprint density at radius 3 is 2.62 bits per heavy atom. The van der Waals surface area contributed by atoms with Gasteiger partial charge in [-0.15, -0.1) is 0 Å². The fraction of sp³-hybridized carbons (Fsp3) is 0.387. The number of para-hydroxylation sites is 1. The van der Waals surface area contributed by atoms with Crippen LogP contribution < -0.4 is 9.47 Å². The van der Waals surface area contributed by atoms with Crippen LogP contribution >= 0.6 is 11.6 Å². The van der Waals surface area contributed by atoms with Gasteiger partial charge in [-0.3, -0.25) is 9.88 Å². The number of piperidine rings is 1. The number of halogens is 1. The molecule has 4 aromatic rings. The lowest BCUT2D eigenvalue weighted by molar-refractivity contribution is -0.0722. The van der Waals surface area contributed by atoms with E-state index in [1.54, 1.807) is 30.5 Å². The second-order valence-electron chi connectivity index (χ2n) is 11.2. The molecule has 0 amide bonds. The molecule has 2 fully saturated rings. The number of aromatic carboxylic acids is 1. The maximum atomic E-state index is 11.6. The molecule has 2 aromatic heterocycles. The standard InChI is InChI=1S/C31H31ClN4O5.H2O/c1-31(27-8-6-21(32)16-33-27)40-26-4-2-3-23(29(26)41-31)19-9-12-35(13-10-19)18-28-34-24-7-5-20(30(37)38)15-25(24)36(28)17-22-11-14-39-22;/h2-8,15-16,19,22H,9-14,17-18H2,1H3,(H,37,38);1H2/t22-,31-;/m0./s1. The molecule has 5 heterocycles. The van der Waals surface area contributed by atoms with Gasteiger partial charge < -0.3 is 29.4 Å². The van der Waals surface area contributed by atoms with Gasteiger partial charge in [0.2, 0.25) is 0 Å². The van der Waals surface area contributed by atoms with Crippen molar-refractivity contribution in [3.63, 3.8) is 0 Å². The number of carboxylic acid groups (broad SMARTS) is 1. The summed E-state index contributed by atoms with van der Waals surface area (Å²) in [5, 5.41) is 10.1. The van der Waals surface area contributed by atoms with Crippen LogP contribution in [0.4, 0.5) is 0 Å². The molecule has 2 saturated heterocycles. The highest BCUT2D eigenvalue weighted by Crippen LogP contribution is 2.49. The molecule has 10 nitrogen and oxygen atoms in total. The molecular weight excluding hydrogens is 560 g/mol. The predicted molar refractivity (Wildman–Crippen MR) is 156 cm³/mol. The summed E-state index contributed by atoms with van der Waals surface area (Å²) in [5.74, 6) is 0.868. The van der Waals surface area contributed by atoms with Gasteiger partial charge in [0.25, 0.3) is 5.79 Å². The molecule has 2 atom stereocenters. The summed E-state index contributed by atoms with van der Waals surface area (Å²) in [7, 11) is 0. The minimum absolute atomic E-state index is 0. The molecule has 3 aliphatic heterocycles. The molecule has 3 aliphatic rings. The molecule has 0 radical (unpaired) electrons. The van der Waals surface area contributed by atoms with Crippen molar-refractivity contribution in [3.05, 3.63) is 82.4 Å². The van der Waals surface area contributed by atoms with Crippen LogP contribution in [0.5, 0.6) is 11.5 Å². The molecule has 0 unspecified atom stereocenters. The fourth-order valence-corrected chi connectivity index (χ4v) is 6.19. The summed E-state index contributed by atoms with van der Waals surface area (Å²) in [6, 6.07) is 14.9. The third kappa shape index (κ3) is 5.20. The fourth-order valence-electron chi connectivity index (χ4n) is 6.08. The maximum absolute atomic E-state index is 11.6. The highest BCUT2D eigenvalue weighted by atomic mass is 35.5. The lowest BCUT2D eigenvalue weighted by atomic mass is 9.88. The number of imidazole rings is 1. The molecule has 0 spiro atoms. The van der Waals surface area contributed by atoms with Crippen LogP contribution in [0.2, 0.25) is 5.02 Å². The van der Waals surface area contributed by atoms with E-state index in [1.165, 1.54) is 0 Å². The number of benzene rings is 2. The summed E-state index contributed by atoms with van der Waals surface area (Å²) in [5.41, 5.74) is 3.76. The van der Waals surface area contributed by atoms with E-state index in [0.29, 0.717) is 29.7 Å². The normalized spacial score (nSPS) is 22.1. The van der Waals surface area contributed by atoms with Gasteiger partial charge in [-0.2, -0.15) is 0 Å². The van der Waals surface area contributed by atoms with Gasteiger partial charge in [-0.05, 0) is 74.7 Å². The SMILES string of the molecule is C[C@]1(c2ccc(Cl)cn2)Oc2cccc(C3CCN(Cc4nc5ccc(C(=O)O)cc5n4C[C@@H]4CCO4)CC3)c2O1.O. The van der Waals surface area contributed by atoms with Crippen LogP contribution in [0.1, 0.15) is 59.5 Å². The Labute approximate surface area is 248 Å². The van der Waals surface area contributed by atoms with E-state index in [1.807, 2.05) is 25.1 Å². The van der Waals surface area contributed by atoms with Crippen LogP contribution in [0.3, 0.4) is 0 Å². The quantitative estimate of drug-likeness (QED) is 0.325. The summed E-state index contributed by atoms with van der Waals surface area (Å²) in [4.78, 5) is 23.4. The number of likely N-dealkylation sites (tertiary alicyclic amines) is 1. The summed E-state index contributed by atoms with van der Waals surface area (Å²) in [6.45, 7) is 5.86. The van der Waals surface area contributed by atoms with Crippen LogP contribution in [0.15, 0.2) is 54.7 Å². The van der Waals surface area contributed by atoms with E-state index in [9.17, 15) is 9.90 Å². The topological polar surface area (TPSA) is 130 Å². The number of aromatic nitrogens is 3. The van der Waals surface area contributed by atoms with E-state index in [0.717, 1.165) is 72.9 Å². The second kappa shape index (κ2) is 11.2. The lowest BCUT2D eigenvalue weighted by Crippen LogP contribution is -2.35. The van der Waals surface area contributed by atoms with Crippen LogP contribution in [-0.2, 0) is 23.6 Å². The zero-order valence-corrected chi connectivity index (χ0v) is 24.0. The molecular formula is C31H33ClN4O6. The Morgan fingerprint density at radius 2 is 1.93 bits per heavy atom. The maximum Gasteiger partial charge on any atom is 0.335 e. The van der Waals surface area contributed by atoms with Crippen molar-refractivity contribution in [1.82, 2.24) is 19.4 Å². The summed E-state index contributed by atoms with van der Waals surface area (Å²) >= 11 is 6.04. The summed E-state index contributed by atoms with van der Waals surface area (Å²) in [6.07, 6.45) is 4.70. The number of nitrogens with zero attached hydrogens (tertiary/aromatic N) is 4. The Balaban J connectivity index is 0.00000316. The first-order chi connectivity index (χ1) is 19.9. The molecule has 0 bridgehead atoms. The molecule has 0 aliphatic carbocycles. The van der Waals surface area contributed by atoms with Crippen LogP contribution in [0.25, 0.3) is 11.0 Å². The van der Waals surface area contributed by atoms with Gasteiger partial charge in [0.1, 0.15) is 11.5 Å². The average Bonchev–Trinajstić information content (AvgIpc) is 3.47. The molecule has 0 saturated carbocycles.